The summed E-state index contributed by atoms with van der Waals surface area (Å²) >= 11 is 0. The van der Waals surface area contributed by atoms with Gasteiger partial charge < -0.3 is 24.1 Å². The average Bonchev–Trinajstić information content (AvgIpc) is 3.03. The summed E-state index contributed by atoms with van der Waals surface area (Å²) in [5.41, 5.74) is 0.926. The maximum absolute atomic E-state index is 5.56. The molecule has 1 aromatic heterocycles. The lowest BCUT2D eigenvalue weighted by Gasteiger charge is -2.13. The minimum absolute atomic E-state index is 0.0643. The standard InChI is InChI=1S/C14H25N3O3/c1-10(2)5-15-6-11-9-20-14(16-11)17-7-12(18-3)13(8-17)19-4/h9-10,12-13,15H,5-8H2,1-4H3. The van der Waals surface area contributed by atoms with E-state index in [1.54, 1.807) is 20.5 Å². The molecular formula is C14H25N3O3. The highest BCUT2D eigenvalue weighted by Crippen LogP contribution is 2.22. The molecule has 1 aliphatic rings. The molecule has 1 fully saturated rings. The van der Waals surface area contributed by atoms with E-state index in [4.69, 9.17) is 13.9 Å². The molecule has 2 atom stereocenters. The number of anilines is 1. The highest BCUT2D eigenvalue weighted by molar-refractivity contribution is 5.30. The molecule has 0 aliphatic carbocycles. The van der Waals surface area contributed by atoms with Gasteiger partial charge in [-0.25, -0.2) is 0 Å². The van der Waals surface area contributed by atoms with Gasteiger partial charge in [-0.3, -0.25) is 0 Å². The van der Waals surface area contributed by atoms with Crippen LogP contribution < -0.4 is 10.2 Å². The maximum atomic E-state index is 5.56. The van der Waals surface area contributed by atoms with Crippen molar-refractivity contribution in [3.63, 3.8) is 0 Å². The first-order chi connectivity index (χ1) is 9.63. The van der Waals surface area contributed by atoms with Crippen LogP contribution >= 0.6 is 0 Å². The predicted molar refractivity (Wildman–Crippen MR) is 76.9 cm³/mol. The van der Waals surface area contributed by atoms with Crippen LogP contribution in [0.4, 0.5) is 6.01 Å². The Kier molecular flexibility index (Phi) is 5.39. The Balaban J connectivity index is 1.89. The van der Waals surface area contributed by atoms with Crippen molar-refractivity contribution >= 4 is 6.01 Å². The van der Waals surface area contributed by atoms with Gasteiger partial charge >= 0.3 is 0 Å². The number of nitrogens with zero attached hydrogens (tertiary/aromatic N) is 2. The first kappa shape index (κ1) is 15.3. The van der Waals surface area contributed by atoms with Gasteiger partial charge in [0.1, 0.15) is 18.5 Å². The molecule has 0 saturated carbocycles. The van der Waals surface area contributed by atoms with Crippen molar-refractivity contribution in [3.8, 4) is 0 Å². The number of ether oxygens (including phenoxy) is 2. The molecule has 2 unspecified atom stereocenters. The van der Waals surface area contributed by atoms with Gasteiger partial charge in [0.25, 0.3) is 6.01 Å². The summed E-state index contributed by atoms with van der Waals surface area (Å²) in [7, 11) is 3.41. The Morgan fingerprint density at radius 1 is 1.35 bits per heavy atom. The summed E-state index contributed by atoms with van der Waals surface area (Å²) in [6.45, 7) is 7.56. The van der Waals surface area contributed by atoms with Gasteiger partial charge in [-0.2, -0.15) is 4.98 Å². The highest BCUT2D eigenvalue weighted by atomic mass is 16.5. The highest BCUT2D eigenvalue weighted by Gasteiger charge is 2.35. The second-order valence-electron chi connectivity index (χ2n) is 5.60. The maximum Gasteiger partial charge on any atom is 0.297 e. The molecule has 0 bridgehead atoms. The van der Waals surface area contributed by atoms with Gasteiger partial charge in [0, 0.05) is 20.8 Å². The number of methoxy groups -OCH3 is 2. The van der Waals surface area contributed by atoms with Crippen LogP contribution in [0.15, 0.2) is 10.7 Å². The molecule has 2 rings (SSSR count). The van der Waals surface area contributed by atoms with Crippen molar-refractivity contribution in [1.29, 1.82) is 0 Å². The van der Waals surface area contributed by atoms with E-state index in [2.05, 4.69) is 29.0 Å². The first-order valence-corrected chi connectivity index (χ1v) is 7.09. The van der Waals surface area contributed by atoms with Crippen molar-refractivity contribution in [2.75, 3.05) is 38.8 Å². The van der Waals surface area contributed by atoms with Gasteiger partial charge in [0.2, 0.25) is 0 Å². The van der Waals surface area contributed by atoms with Crippen molar-refractivity contribution in [2.24, 2.45) is 5.92 Å². The Morgan fingerprint density at radius 2 is 2.00 bits per heavy atom. The molecule has 6 nitrogen and oxygen atoms in total. The molecule has 20 heavy (non-hydrogen) atoms. The van der Waals surface area contributed by atoms with E-state index in [1.165, 1.54) is 0 Å². The molecule has 2 heterocycles. The Hall–Kier alpha value is -1.11. The predicted octanol–water partition coefficient (Wildman–Crippen LogP) is 1.27. The zero-order valence-electron chi connectivity index (χ0n) is 12.8. The summed E-state index contributed by atoms with van der Waals surface area (Å²) in [5.74, 6) is 0.630. The third kappa shape index (κ3) is 3.71. The lowest BCUT2D eigenvalue weighted by atomic mass is 10.2. The minimum atomic E-state index is 0.0643. The summed E-state index contributed by atoms with van der Waals surface area (Å²) in [6, 6.07) is 0.646. The molecular weight excluding hydrogens is 258 g/mol. The molecule has 0 amide bonds. The zero-order chi connectivity index (χ0) is 14.5. The third-order valence-electron chi connectivity index (χ3n) is 3.49. The number of hydrogen-bond acceptors (Lipinski definition) is 6. The van der Waals surface area contributed by atoms with Gasteiger partial charge in [0.05, 0.1) is 18.8 Å². The van der Waals surface area contributed by atoms with Crippen LogP contribution in [-0.4, -0.2) is 51.0 Å². The van der Waals surface area contributed by atoms with Crippen molar-refractivity contribution in [3.05, 3.63) is 12.0 Å². The smallest absolute Gasteiger partial charge is 0.297 e. The number of aromatic nitrogens is 1. The Labute approximate surface area is 120 Å². The minimum Gasteiger partial charge on any atom is -0.432 e. The molecule has 1 N–H and O–H groups in total. The second kappa shape index (κ2) is 7.06. The third-order valence-corrected chi connectivity index (χ3v) is 3.49. The second-order valence-corrected chi connectivity index (χ2v) is 5.60. The largest absolute Gasteiger partial charge is 0.432 e. The quantitative estimate of drug-likeness (QED) is 0.813. The van der Waals surface area contributed by atoms with Crippen LogP contribution in [-0.2, 0) is 16.0 Å². The Bertz CT molecular complexity index is 396. The van der Waals surface area contributed by atoms with E-state index >= 15 is 0 Å². The van der Waals surface area contributed by atoms with Crippen molar-refractivity contribution < 1.29 is 13.9 Å². The first-order valence-electron chi connectivity index (χ1n) is 7.09. The molecule has 6 heteroatoms. The van der Waals surface area contributed by atoms with Crippen LogP contribution in [0.3, 0.4) is 0 Å². The molecule has 0 radical (unpaired) electrons. The van der Waals surface area contributed by atoms with Crippen LogP contribution in [0.1, 0.15) is 19.5 Å². The summed E-state index contributed by atoms with van der Waals surface area (Å²) < 4.78 is 16.4. The SMILES string of the molecule is COC1CN(c2nc(CNCC(C)C)co2)CC1OC. The zero-order valence-corrected chi connectivity index (χ0v) is 12.8. The number of nitrogens with one attached hydrogen (secondary N) is 1. The van der Waals surface area contributed by atoms with Crippen molar-refractivity contribution in [1.82, 2.24) is 10.3 Å². The normalized spacial score (nSPS) is 22.9. The lowest BCUT2D eigenvalue weighted by molar-refractivity contribution is -0.00461. The molecule has 0 aromatic carbocycles. The van der Waals surface area contributed by atoms with E-state index in [0.29, 0.717) is 11.9 Å². The van der Waals surface area contributed by atoms with Crippen LogP contribution in [0.5, 0.6) is 0 Å². The fourth-order valence-corrected chi connectivity index (χ4v) is 2.36. The van der Waals surface area contributed by atoms with Gasteiger partial charge in [0.15, 0.2) is 0 Å². The van der Waals surface area contributed by atoms with Gasteiger partial charge in [-0.05, 0) is 12.5 Å². The van der Waals surface area contributed by atoms with Crippen molar-refractivity contribution in [2.45, 2.75) is 32.6 Å². The van der Waals surface area contributed by atoms with Gasteiger partial charge in [-0.1, -0.05) is 13.8 Å². The summed E-state index contributed by atoms with van der Waals surface area (Å²) in [5, 5.41) is 3.35. The van der Waals surface area contributed by atoms with Gasteiger partial charge in [-0.15, -0.1) is 0 Å². The van der Waals surface area contributed by atoms with E-state index < -0.39 is 0 Å². The van der Waals surface area contributed by atoms with Crippen LogP contribution in [0, 0.1) is 5.92 Å². The number of oxazole rings is 1. The van der Waals surface area contributed by atoms with E-state index in [1.807, 2.05) is 0 Å². The lowest BCUT2D eigenvalue weighted by Crippen LogP contribution is -2.27. The molecule has 114 valence electrons. The molecule has 1 saturated heterocycles. The molecule has 0 spiro atoms. The average molecular weight is 283 g/mol. The fraction of sp³-hybridized carbons (Fsp3) is 0.786. The number of rotatable bonds is 7. The summed E-state index contributed by atoms with van der Waals surface area (Å²) in [6.07, 6.45) is 1.84. The Morgan fingerprint density at radius 3 is 2.55 bits per heavy atom. The molecule has 1 aliphatic heterocycles. The van der Waals surface area contributed by atoms with E-state index in [0.717, 1.165) is 31.9 Å². The monoisotopic (exact) mass is 283 g/mol. The van der Waals surface area contributed by atoms with Crippen LogP contribution in [0.25, 0.3) is 0 Å². The topological polar surface area (TPSA) is 59.8 Å². The van der Waals surface area contributed by atoms with E-state index in [9.17, 15) is 0 Å². The summed E-state index contributed by atoms with van der Waals surface area (Å²) in [4.78, 5) is 6.58. The number of hydrogen-bond donors (Lipinski definition) is 1. The molecule has 1 aromatic rings. The fourth-order valence-electron chi connectivity index (χ4n) is 2.36. The van der Waals surface area contributed by atoms with E-state index in [-0.39, 0.29) is 12.2 Å². The van der Waals surface area contributed by atoms with Crippen LogP contribution in [0.2, 0.25) is 0 Å².